The lowest BCUT2D eigenvalue weighted by Gasteiger charge is -2.00. The number of hydrogen-bond donors (Lipinski definition) is 3. The average molecular weight is 152 g/mol. The number of hydrazine groups is 1. The van der Waals surface area contributed by atoms with Crippen LogP contribution in [-0.2, 0) is 0 Å². The summed E-state index contributed by atoms with van der Waals surface area (Å²) in [6.45, 7) is 0. The third kappa shape index (κ3) is 1.47. The molecule has 0 atom stereocenters. The molecule has 0 amide bonds. The summed E-state index contributed by atoms with van der Waals surface area (Å²) in [7, 11) is 0. The van der Waals surface area contributed by atoms with Crippen molar-refractivity contribution in [1.29, 1.82) is 0 Å². The number of nitrogens with two attached hydrogens (primary N) is 1. The van der Waals surface area contributed by atoms with Crippen molar-refractivity contribution in [2.45, 2.75) is 0 Å². The van der Waals surface area contributed by atoms with Crippen LogP contribution in [-0.4, -0.2) is 11.4 Å². The number of carbonyl (C=O) groups is 1. The Bertz CT molecular complexity index is 273. The molecule has 0 bridgehead atoms. The van der Waals surface area contributed by atoms with E-state index in [1.54, 1.807) is 6.07 Å². The van der Waals surface area contributed by atoms with E-state index in [0.717, 1.165) is 0 Å². The van der Waals surface area contributed by atoms with Crippen LogP contribution in [0.3, 0.4) is 0 Å². The quantitative estimate of drug-likeness (QED) is 0.327. The predicted octanol–water partition coefficient (Wildman–Crippen LogP) is 0.490. The molecule has 0 aliphatic heterocycles. The van der Waals surface area contributed by atoms with Crippen molar-refractivity contribution in [2.75, 3.05) is 5.43 Å². The molecule has 0 spiro atoms. The van der Waals surface area contributed by atoms with Gasteiger partial charge in [0.25, 0.3) is 0 Å². The molecule has 0 unspecified atom stereocenters. The van der Waals surface area contributed by atoms with Crippen LogP contribution in [0.4, 0.5) is 5.69 Å². The Hall–Kier alpha value is -1.55. The maximum Gasteiger partial charge on any atom is 0.153 e. The molecule has 58 valence electrons. The Morgan fingerprint density at radius 1 is 1.55 bits per heavy atom. The first-order valence-electron chi connectivity index (χ1n) is 3.02. The Labute approximate surface area is 63.6 Å². The number of aldehydes is 1. The molecule has 0 aliphatic carbocycles. The van der Waals surface area contributed by atoms with Crippen molar-refractivity contribution in [3.8, 4) is 5.75 Å². The highest BCUT2D eigenvalue weighted by atomic mass is 16.3. The highest BCUT2D eigenvalue weighted by Crippen LogP contribution is 2.19. The second kappa shape index (κ2) is 3.03. The summed E-state index contributed by atoms with van der Waals surface area (Å²) in [5, 5.41) is 9.10. The molecule has 0 saturated carbocycles. The fourth-order valence-electron chi connectivity index (χ4n) is 0.733. The van der Waals surface area contributed by atoms with E-state index in [-0.39, 0.29) is 11.3 Å². The maximum atomic E-state index is 10.2. The number of carbonyl (C=O) groups excluding carboxylic acids is 1. The van der Waals surface area contributed by atoms with Gasteiger partial charge >= 0.3 is 0 Å². The fourth-order valence-corrected chi connectivity index (χ4v) is 0.733. The Morgan fingerprint density at radius 2 is 2.27 bits per heavy atom. The van der Waals surface area contributed by atoms with Crippen LogP contribution in [0.25, 0.3) is 0 Å². The second-order valence-electron chi connectivity index (χ2n) is 2.04. The number of anilines is 1. The lowest BCUT2D eigenvalue weighted by Crippen LogP contribution is -2.06. The molecule has 0 radical (unpaired) electrons. The molecule has 0 heterocycles. The first-order valence-corrected chi connectivity index (χ1v) is 3.02. The smallest absolute Gasteiger partial charge is 0.153 e. The van der Waals surface area contributed by atoms with Crippen LogP contribution in [0.5, 0.6) is 5.75 Å². The van der Waals surface area contributed by atoms with Crippen molar-refractivity contribution < 1.29 is 9.90 Å². The Balaban J connectivity index is 3.09. The summed E-state index contributed by atoms with van der Waals surface area (Å²) < 4.78 is 0. The number of nitrogen functional groups attached to an aromatic ring is 1. The minimum atomic E-state index is -0.0737. The predicted molar refractivity (Wildman–Crippen MR) is 41.3 cm³/mol. The van der Waals surface area contributed by atoms with Gasteiger partial charge in [-0.2, -0.15) is 0 Å². The van der Waals surface area contributed by atoms with Gasteiger partial charge in [0.2, 0.25) is 0 Å². The number of phenols is 1. The zero-order chi connectivity index (χ0) is 8.27. The molecule has 4 nitrogen and oxygen atoms in total. The number of phenolic OH excluding ortho intramolecular Hbond substituents is 1. The van der Waals surface area contributed by atoms with Crippen LogP contribution in [0.2, 0.25) is 0 Å². The second-order valence-corrected chi connectivity index (χ2v) is 2.04. The van der Waals surface area contributed by atoms with Crippen molar-refractivity contribution in [3.63, 3.8) is 0 Å². The van der Waals surface area contributed by atoms with E-state index in [2.05, 4.69) is 5.43 Å². The normalized spacial score (nSPS) is 9.18. The zero-order valence-electron chi connectivity index (χ0n) is 5.74. The van der Waals surface area contributed by atoms with Crippen molar-refractivity contribution in [2.24, 2.45) is 5.84 Å². The molecule has 0 saturated heterocycles. The van der Waals surface area contributed by atoms with Gasteiger partial charge < -0.3 is 10.5 Å². The molecule has 1 aromatic rings. The third-order valence-electron chi connectivity index (χ3n) is 1.32. The number of hydrogen-bond acceptors (Lipinski definition) is 4. The summed E-state index contributed by atoms with van der Waals surface area (Å²) in [4.78, 5) is 10.2. The van der Waals surface area contributed by atoms with E-state index in [1.807, 2.05) is 0 Å². The summed E-state index contributed by atoms with van der Waals surface area (Å²) in [5.41, 5.74) is 3.16. The molecule has 11 heavy (non-hydrogen) atoms. The number of benzene rings is 1. The van der Waals surface area contributed by atoms with E-state index in [1.165, 1.54) is 12.1 Å². The van der Waals surface area contributed by atoms with E-state index in [9.17, 15) is 4.79 Å². The van der Waals surface area contributed by atoms with Gasteiger partial charge in [-0.3, -0.25) is 10.6 Å². The molecule has 0 aromatic heterocycles. The third-order valence-corrected chi connectivity index (χ3v) is 1.32. The summed E-state index contributed by atoms with van der Waals surface area (Å²) >= 11 is 0. The van der Waals surface area contributed by atoms with Gasteiger partial charge in [-0.05, 0) is 12.1 Å². The highest BCUT2D eigenvalue weighted by Gasteiger charge is 1.98. The molecular weight excluding hydrogens is 144 g/mol. The summed E-state index contributed by atoms with van der Waals surface area (Å²) in [6.07, 6.45) is 0.579. The van der Waals surface area contributed by atoms with Gasteiger partial charge in [0.15, 0.2) is 6.29 Å². The lowest BCUT2D eigenvalue weighted by atomic mass is 10.2. The number of rotatable bonds is 2. The SMILES string of the molecule is NNc1ccc(C=O)c(O)c1. The summed E-state index contributed by atoms with van der Waals surface area (Å²) in [5.74, 6) is 4.99. The largest absolute Gasteiger partial charge is 0.507 e. The maximum absolute atomic E-state index is 10.2. The molecule has 1 aromatic carbocycles. The van der Waals surface area contributed by atoms with E-state index < -0.39 is 0 Å². The first-order chi connectivity index (χ1) is 5.27. The Morgan fingerprint density at radius 3 is 2.73 bits per heavy atom. The van der Waals surface area contributed by atoms with Crippen LogP contribution in [0, 0.1) is 0 Å². The molecule has 0 fully saturated rings. The minimum Gasteiger partial charge on any atom is -0.507 e. The van der Waals surface area contributed by atoms with Gasteiger partial charge in [-0.25, -0.2) is 0 Å². The molecule has 1 rings (SSSR count). The monoisotopic (exact) mass is 152 g/mol. The molecule has 4 N–H and O–H groups in total. The number of aromatic hydroxyl groups is 1. The van der Waals surface area contributed by atoms with Gasteiger partial charge in [-0.1, -0.05) is 0 Å². The van der Waals surface area contributed by atoms with E-state index >= 15 is 0 Å². The minimum absolute atomic E-state index is 0.0737. The topological polar surface area (TPSA) is 75.3 Å². The Kier molecular flexibility index (Phi) is 2.08. The van der Waals surface area contributed by atoms with Crippen molar-refractivity contribution in [1.82, 2.24) is 0 Å². The summed E-state index contributed by atoms with van der Waals surface area (Å²) in [6, 6.07) is 4.46. The van der Waals surface area contributed by atoms with Crippen molar-refractivity contribution >= 4 is 12.0 Å². The van der Waals surface area contributed by atoms with Crippen molar-refractivity contribution in [3.05, 3.63) is 23.8 Å². The molecule has 4 heteroatoms. The van der Waals surface area contributed by atoms with Gasteiger partial charge in [-0.15, -0.1) is 0 Å². The average Bonchev–Trinajstić information content (AvgIpc) is 2.04. The van der Waals surface area contributed by atoms with E-state index in [0.29, 0.717) is 12.0 Å². The first kappa shape index (κ1) is 7.56. The van der Waals surface area contributed by atoms with E-state index in [4.69, 9.17) is 10.9 Å². The van der Waals surface area contributed by atoms with Gasteiger partial charge in [0, 0.05) is 6.07 Å². The highest BCUT2D eigenvalue weighted by molar-refractivity contribution is 5.80. The fraction of sp³-hybridized carbons (Fsp3) is 0. The lowest BCUT2D eigenvalue weighted by molar-refractivity contribution is 0.112. The molecule has 0 aliphatic rings. The molecular formula is C7H8N2O2. The van der Waals surface area contributed by atoms with Gasteiger partial charge in [0.05, 0.1) is 11.3 Å². The zero-order valence-corrected chi connectivity index (χ0v) is 5.74. The van der Waals surface area contributed by atoms with Gasteiger partial charge in [0.1, 0.15) is 5.75 Å². The number of nitrogens with one attached hydrogen (secondary N) is 1. The standard InChI is InChI=1S/C7H8N2O2/c8-9-6-2-1-5(4-10)7(11)3-6/h1-4,9,11H,8H2. The van der Waals surface area contributed by atoms with Crippen LogP contribution in [0.15, 0.2) is 18.2 Å². The van der Waals surface area contributed by atoms with Crippen LogP contribution < -0.4 is 11.3 Å². The van der Waals surface area contributed by atoms with Crippen LogP contribution >= 0.6 is 0 Å². The van der Waals surface area contributed by atoms with Crippen LogP contribution in [0.1, 0.15) is 10.4 Å².